The van der Waals surface area contributed by atoms with Gasteiger partial charge in [0.05, 0.1) is 4.92 Å². The van der Waals surface area contributed by atoms with Gasteiger partial charge in [-0.3, -0.25) is 14.9 Å². The number of carbonyl (C=O) groups is 1. The highest BCUT2D eigenvalue weighted by atomic mass is 32.2. The summed E-state index contributed by atoms with van der Waals surface area (Å²) in [5.74, 6) is 0.413. The summed E-state index contributed by atoms with van der Waals surface area (Å²) in [6.45, 7) is 1.40. The van der Waals surface area contributed by atoms with E-state index in [9.17, 15) is 14.9 Å². The van der Waals surface area contributed by atoms with Gasteiger partial charge in [0.2, 0.25) is 5.75 Å². The van der Waals surface area contributed by atoms with Crippen molar-refractivity contribution in [1.29, 1.82) is 0 Å². The maximum atomic E-state index is 11.4. The third-order valence-corrected chi connectivity index (χ3v) is 3.63. The van der Waals surface area contributed by atoms with E-state index in [-0.39, 0.29) is 17.2 Å². The van der Waals surface area contributed by atoms with E-state index in [1.54, 1.807) is 12.1 Å². The number of nitro groups is 1. The molecule has 0 unspecified atom stereocenters. The Morgan fingerprint density at radius 3 is 2.52 bits per heavy atom. The van der Waals surface area contributed by atoms with Crippen molar-refractivity contribution in [3.05, 3.63) is 58.1 Å². The van der Waals surface area contributed by atoms with Gasteiger partial charge < -0.3 is 4.74 Å². The molecule has 0 radical (unpaired) electrons. The fourth-order valence-corrected chi connectivity index (χ4v) is 2.31. The van der Waals surface area contributed by atoms with Crippen molar-refractivity contribution in [2.75, 3.05) is 6.26 Å². The van der Waals surface area contributed by atoms with Crippen LogP contribution < -0.4 is 4.74 Å². The molecule has 0 bridgehead atoms. The molecule has 21 heavy (non-hydrogen) atoms. The van der Waals surface area contributed by atoms with Crippen LogP contribution in [0.15, 0.2) is 47.4 Å². The summed E-state index contributed by atoms with van der Waals surface area (Å²) in [7, 11) is 0. The quantitative estimate of drug-likeness (QED) is 0.356. The predicted molar refractivity (Wildman–Crippen MR) is 81.4 cm³/mol. The minimum atomic E-state index is -0.527. The van der Waals surface area contributed by atoms with Gasteiger partial charge in [0, 0.05) is 16.5 Å². The van der Waals surface area contributed by atoms with E-state index in [2.05, 4.69) is 0 Å². The molecule has 0 fully saturated rings. The Kier molecular flexibility index (Phi) is 4.59. The molecule has 108 valence electrons. The summed E-state index contributed by atoms with van der Waals surface area (Å²) in [6, 6.07) is 11.4. The second-order valence-electron chi connectivity index (χ2n) is 4.25. The third-order valence-electron chi connectivity index (χ3n) is 2.85. The lowest BCUT2D eigenvalue weighted by Crippen LogP contribution is -1.98. The molecule has 2 aromatic carbocycles. The molecule has 0 saturated heterocycles. The molecule has 0 aliphatic carbocycles. The Balaban J connectivity index is 2.48. The Bertz CT molecular complexity index is 700. The van der Waals surface area contributed by atoms with E-state index in [4.69, 9.17) is 4.74 Å². The van der Waals surface area contributed by atoms with Crippen molar-refractivity contribution in [3.8, 4) is 11.5 Å². The van der Waals surface area contributed by atoms with Crippen molar-refractivity contribution in [2.24, 2.45) is 0 Å². The first-order valence-electron chi connectivity index (χ1n) is 6.13. The lowest BCUT2D eigenvalue weighted by molar-refractivity contribution is -0.385. The van der Waals surface area contributed by atoms with E-state index in [1.165, 1.54) is 36.9 Å². The second-order valence-corrected chi connectivity index (χ2v) is 5.10. The predicted octanol–water partition coefficient (Wildman–Crippen LogP) is 4.31. The molecule has 5 nitrogen and oxygen atoms in total. The standard InChI is InChI=1S/C15H13NO4S/c1-10(17)11-7-8-12(16(18)19)14(9-11)20-13-5-3-4-6-15(13)21-2/h3-9H,1-2H3. The molecule has 0 aromatic heterocycles. The molecular weight excluding hydrogens is 290 g/mol. The molecule has 6 heteroatoms. The van der Waals surface area contributed by atoms with Crippen molar-refractivity contribution in [1.82, 2.24) is 0 Å². The Morgan fingerprint density at radius 1 is 1.19 bits per heavy atom. The normalized spacial score (nSPS) is 10.2. The van der Waals surface area contributed by atoms with Crippen LogP contribution in [0.25, 0.3) is 0 Å². The topological polar surface area (TPSA) is 69.4 Å². The zero-order valence-corrected chi connectivity index (χ0v) is 12.3. The first-order valence-corrected chi connectivity index (χ1v) is 7.35. The lowest BCUT2D eigenvalue weighted by Gasteiger charge is -2.10. The molecule has 0 saturated carbocycles. The highest BCUT2D eigenvalue weighted by Crippen LogP contribution is 2.36. The number of Topliss-reactive ketones (excluding diaryl/α,β-unsaturated/α-hetero) is 1. The van der Waals surface area contributed by atoms with Crippen molar-refractivity contribution in [2.45, 2.75) is 11.8 Å². The van der Waals surface area contributed by atoms with Crippen LogP contribution in [-0.2, 0) is 0 Å². The summed E-state index contributed by atoms with van der Waals surface area (Å²) in [6.07, 6.45) is 1.89. The summed E-state index contributed by atoms with van der Waals surface area (Å²) in [4.78, 5) is 22.8. The van der Waals surface area contributed by atoms with Gasteiger partial charge in [-0.2, -0.15) is 0 Å². The van der Waals surface area contributed by atoms with Crippen LogP contribution in [0.1, 0.15) is 17.3 Å². The SMILES string of the molecule is CSc1ccccc1Oc1cc(C(C)=O)ccc1[N+](=O)[O-]. The van der Waals surface area contributed by atoms with Gasteiger partial charge in [-0.05, 0) is 37.4 Å². The molecule has 0 N–H and O–H groups in total. The average Bonchev–Trinajstić information content (AvgIpc) is 2.47. The average molecular weight is 303 g/mol. The second kappa shape index (κ2) is 6.41. The lowest BCUT2D eigenvalue weighted by atomic mass is 10.1. The number of nitrogens with zero attached hydrogens (tertiary/aromatic N) is 1. The zero-order valence-electron chi connectivity index (χ0n) is 11.5. The van der Waals surface area contributed by atoms with Crippen LogP contribution in [0.5, 0.6) is 11.5 Å². The number of ether oxygens (including phenoxy) is 1. The van der Waals surface area contributed by atoms with Gasteiger partial charge >= 0.3 is 5.69 Å². The summed E-state index contributed by atoms with van der Waals surface area (Å²) in [5, 5.41) is 11.1. The maximum absolute atomic E-state index is 11.4. The van der Waals surface area contributed by atoms with Crippen molar-refractivity contribution in [3.63, 3.8) is 0 Å². The Labute approximate surface area is 126 Å². The minimum Gasteiger partial charge on any atom is -0.449 e. The first-order chi connectivity index (χ1) is 10.0. The number of rotatable bonds is 5. The van der Waals surface area contributed by atoms with Crippen LogP contribution in [0.4, 0.5) is 5.69 Å². The number of benzene rings is 2. The van der Waals surface area contributed by atoms with Crippen LogP contribution in [0.2, 0.25) is 0 Å². The summed E-state index contributed by atoms with van der Waals surface area (Å²) >= 11 is 1.48. The van der Waals surface area contributed by atoms with Crippen LogP contribution in [0, 0.1) is 10.1 Å². The van der Waals surface area contributed by atoms with Gasteiger partial charge in [0.15, 0.2) is 5.78 Å². The van der Waals surface area contributed by atoms with Gasteiger partial charge in [-0.25, -0.2) is 0 Å². The molecule has 0 spiro atoms. The number of para-hydroxylation sites is 1. The Morgan fingerprint density at radius 2 is 1.90 bits per heavy atom. The number of hydrogen-bond acceptors (Lipinski definition) is 5. The van der Waals surface area contributed by atoms with E-state index >= 15 is 0 Å². The van der Waals surface area contributed by atoms with Crippen molar-refractivity contribution >= 4 is 23.2 Å². The van der Waals surface area contributed by atoms with Gasteiger partial charge in [0.1, 0.15) is 5.75 Å². The fraction of sp³-hybridized carbons (Fsp3) is 0.133. The largest absolute Gasteiger partial charge is 0.449 e. The smallest absolute Gasteiger partial charge is 0.311 e. The molecule has 0 heterocycles. The number of thioether (sulfide) groups is 1. The molecule has 0 aliphatic rings. The van der Waals surface area contributed by atoms with Crippen molar-refractivity contribution < 1.29 is 14.5 Å². The maximum Gasteiger partial charge on any atom is 0.311 e. The number of carbonyl (C=O) groups excluding carboxylic acids is 1. The molecule has 0 amide bonds. The zero-order chi connectivity index (χ0) is 15.4. The van der Waals surface area contributed by atoms with Crippen LogP contribution in [0.3, 0.4) is 0 Å². The summed E-state index contributed by atoms with van der Waals surface area (Å²) < 4.78 is 5.67. The molecule has 0 atom stereocenters. The fourth-order valence-electron chi connectivity index (χ4n) is 1.79. The van der Waals surface area contributed by atoms with Crippen LogP contribution >= 0.6 is 11.8 Å². The number of nitro benzene ring substituents is 1. The van der Waals surface area contributed by atoms with E-state index in [0.29, 0.717) is 11.3 Å². The number of ketones is 1. The monoisotopic (exact) mass is 303 g/mol. The van der Waals surface area contributed by atoms with E-state index in [1.807, 2.05) is 18.4 Å². The molecule has 2 rings (SSSR count). The highest BCUT2D eigenvalue weighted by Gasteiger charge is 2.18. The third kappa shape index (κ3) is 3.41. The summed E-state index contributed by atoms with van der Waals surface area (Å²) in [5.41, 5.74) is 0.202. The molecule has 0 aliphatic heterocycles. The highest BCUT2D eigenvalue weighted by molar-refractivity contribution is 7.98. The Hall–Kier alpha value is -2.34. The van der Waals surface area contributed by atoms with Gasteiger partial charge in [-0.15, -0.1) is 11.8 Å². The molecular formula is C15H13NO4S. The van der Waals surface area contributed by atoms with Gasteiger partial charge in [-0.1, -0.05) is 12.1 Å². The van der Waals surface area contributed by atoms with E-state index in [0.717, 1.165) is 4.90 Å². The first kappa shape index (κ1) is 15.1. The van der Waals surface area contributed by atoms with Gasteiger partial charge in [0.25, 0.3) is 0 Å². The number of hydrogen-bond donors (Lipinski definition) is 0. The molecule has 2 aromatic rings. The van der Waals surface area contributed by atoms with Crippen LogP contribution in [-0.4, -0.2) is 17.0 Å². The van der Waals surface area contributed by atoms with E-state index < -0.39 is 4.92 Å². The minimum absolute atomic E-state index is 0.0641.